The molecule has 0 amide bonds. The molecule has 0 aromatic heterocycles. The summed E-state index contributed by atoms with van der Waals surface area (Å²) in [7, 11) is 0. The molecule has 0 aliphatic carbocycles. The Labute approximate surface area is 88.6 Å². The molecule has 0 saturated carbocycles. The maximum Gasteiger partial charge on any atom is 0.125 e. The summed E-state index contributed by atoms with van der Waals surface area (Å²) in [6.07, 6.45) is 1.16. The third-order valence-corrected chi connectivity index (χ3v) is 3.44. The Morgan fingerprint density at radius 1 is 1.36 bits per heavy atom. The van der Waals surface area contributed by atoms with Gasteiger partial charge in [-0.15, -0.1) is 0 Å². The smallest absolute Gasteiger partial charge is 0.125 e. The van der Waals surface area contributed by atoms with Gasteiger partial charge in [-0.3, -0.25) is 4.99 Å². The van der Waals surface area contributed by atoms with Crippen molar-refractivity contribution in [3.8, 4) is 0 Å². The lowest BCUT2D eigenvalue weighted by Gasteiger charge is -2.04. The first-order chi connectivity index (χ1) is 6.86. The first-order valence-electron chi connectivity index (χ1n) is 4.83. The second-order valence-corrected chi connectivity index (χ2v) is 4.55. The molecule has 0 spiro atoms. The Morgan fingerprint density at radius 3 is 2.79 bits per heavy atom. The van der Waals surface area contributed by atoms with Crippen LogP contribution in [0.25, 0.3) is 0 Å². The van der Waals surface area contributed by atoms with E-state index in [1.54, 1.807) is 0 Å². The van der Waals surface area contributed by atoms with Crippen LogP contribution in [-0.4, -0.2) is 23.4 Å². The van der Waals surface area contributed by atoms with Gasteiger partial charge in [0.05, 0.1) is 6.04 Å². The minimum Gasteiger partial charge on any atom is -0.383 e. The zero-order valence-electron chi connectivity index (χ0n) is 8.02. The van der Waals surface area contributed by atoms with Crippen molar-refractivity contribution in [1.82, 2.24) is 0 Å². The van der Waals surface area contributed by atoms with E-state index in [1.807, 2.05) is 42.1 Å². The van der Waals surface area contributed by atoms with Crippen molar-refractivity contribution in [3.63, 3.8) is 0 Å². The van der Waals surface area contributed by atoms with E-state index in [9.17, 15) is 0 Å². The molecule has 1 fully saturated rings. The molecule has 1 aromatic rings. The predicted octanol–water partition coefficient (Wildman–Crippen LogP) is 1.90. The number of rotatable bonds is 2. The van der Waals surface area contributed by atoms with Crippen LogP contribution in [0.2, 0.25) is 0 Å². The van der Waals surface area contributed by atoms with Crippen molar-refractivity contribution in [3.05, 3.63) is 35.9 Å². The van der Waals surface area contributed by atoms with Crippen molar-refractivity contribution in [2.24, 2.45) is 10.7 Å². The number of amidine groups is 1. The number of aliphatic imine (C=N–C) groups is 1. The quantitative estimate of drug-likeness (QED) is 0.593. The fourth-order valence-electron chi connectivity index (χ4n) is 1.50. The van der Waals surface area contributed by atoms with Gasteiger partial charge in [0.15, 0.2) is 0 Å². The zero-order chi connectivity index (χ0) is 9.80. The van der Waals surface area contributed by atoms with Crippen molar-refractivity contribution in [2.45, 2.75) is 12.5 Å². The van der Waals surface area contributed by atoms with Gasteiger partial charge in [0.25, 0.3) is 0 Å². The molecule has 1 aliphatic rings. The van der Waals surface area contributed by atoms with E-state index in [0.29, 0.717) is 11.9 Å². The first kappa shape index (κ1) is 9.59. The highest BCUT2D eigenvalue weighted by atomic mass is 32.2. The number of thioether (sulfide) groups is 1. The fraction of sp³-hybridized carbons (Fsp3) is 0.364. The fourth-order valence-corrected chi connectivity index (χ4v) is 2.62. The van der Waals surface area contributed by atoms with Crippen LogP contribution in [0.5, 0.6) is 0 Å². The van der Waals surface area contributed by atoms with E-state index >= 15 is 0 Å². The normalized spacial score (nSPS) is 22.6. The summed E-state index contributed by atoms with van der Waals surface area (Å²) in [5.74, 6) is 3.02. The van der Waals surface area contributed by atoms with Crippen LogP contribution >= 0.6 is 11.8 Å². The highest BCUT2D eigenvalue weighted by molar-refractivity contribution is 7.99. The number of hydrogen-bond acceptors (Lipinski definition) is 2. The van der Waals surface area contributed by atoms with Gasteiger partial charge in [-0.2, -0.15) is 11.8 Å². The van der Waals surface area contributed by atoms with Gasteiger partial charge >= 0.3 is 0 Å². The van der Waals surface area contributed by atoms with Gasteiger partial charge in [0, 0.05) is 11.3 Å². The first-order valence-corrected chi connectivity index (χ1v) is 5.98. The summed E-state index contributed by atoms with van der Waals surface area (Å²) in [6, 6.07) is 10.4. The maximum absolute atomic E-state index is 5.92. The molecule has 1 atom stereocenters. The number of benzene rings is 1. The molecular formula is C11H14N2S. The Hall–Kier alpha value is -0.960. The molecule has 0 radical (unpaired) electrons. The van der Waals surface area contributed by atoms with E-state index in [2.05, 4.69) is 4.99 Å². The van der Waals surface area contributed by atoms with Crippen LogP contribution in [-0.2, 0) is 0 Å². The second-order valence-electron chi connectivity index (χ2n) is 3.40. The van der Waals surface area contributed by atoms with E-state index in [1.165, 1.54) is 5.75 Å². The molecule has 1 aromatic carbocycles. The van der Waals surface area contributed by atoms with Crippen LogP contribution < -0.4 is 5.73 Å². The zero-order valence-corrected chi connectivity index (χ0v) is 8.83. The highest BCUT2D eigenvalue weighted by Gasteiger charge is 2.14. The molecule has 14 heavy (non-hydrogen) atoms. The van der Waals surface area contributed by atoms with Gasteiger partial charge in [0.2, 0.25) is 0 Å². The number of nitrogens with zero attached hydrogens (tertiary/aromatic N) is 1. The second kappa shape index (κ2) is 4.51. The molecule has 74 valence electrons. The monoisotopic (exact) mass is 206 g/mol. The molecular weight excluding hydrogens is 192 g/mol. The summed E-state index contributed by atoms with van der Waals surface area (Å²) in [5, 5.41) is 0. The lowest BCUT2D eigenvalue weighted by molar-refractivity contribution is 0.760. The third kappa shape index (κ3) is 2.29. The molecule has 2 N–H and O–H groups in total. The standard InChI is InChI=1S/C11H14N2S/c12-11(9-4-2-1-3-5-9)13-10-6-7-14-8-10/h1-5,10H,6-8H2,(H2,12,13). The molecule has 2 nitrogen and oxygen atoms in total. The van der Waals surface area contributed by atoms with Gasteiger partial charge < -0.3 is 5.73 Å². The van der Waals surface area contributed by atoms with Crippen LogP contribution in [0.4, 0.5) is 0 Å². The maximum atomic E-state index is 5.92. The van der Waals surface area contributed by atoms with Crippen molar-refractivity contribution >= 4 is 17.6 Å². The third-order valence-electron chi connectivity index (χ3n) is 2.30. The Morgan fingerprint density at radius 2 is 2.14 bits per heavy atom. The average Bonchev–Trinajstić information content (AvgIpc) is 2.72. The van der Waals surface area contributed by atoms with E-state index < -0.39 is 0 Å². The average molecular weight is 206 g/mol. The minimum atomic E-state index is 0.431. The summed E-state index contributed by atoms with van der Waals surface area (Å²) < 4.78 is 0. The Bertz CT molecular complexity index is 315. The molecule has 1 saturated heterocycles. The molecule has 1 aliphatic heterocycles. The summed E-state index contributed by atoms with van der Waals surface area (Å²) >= 11 is 1.96. The summed E-state index contributed by atoms with van der Waals surface area (Å²) in [4.78, 5) is 4.52. The largest absolute Gasteiger partial charge is 0.383 e. The van der Waals surface area contributed by atoms with Crippen LogP contribution in [0.1, 0.15) is 12.0 Å². The van der Waals surface area contributed by atoms with Crippen molar-refractivity contribution in [1.29, 1.82) is 0 Å². The van der Waals surface area contributed by atoms with E-state index in [0.717, 1.165) is 17.7 Å². The molecule has 1 heterocycles. The lowest BCUT2D eigenvalue weighted by Crippen LogP contribution is -2.17. The predicted molar refractivity (Wildman–Crippen MR) is 62.9 cm³/mol. The SMILES string of the molecule is NC(=NC1CCSC1)c1ccccc1. The van der Waals surface area contributed by atoms with Crippen LogP contribution in [0.3, 0.4) is 0 Å². The number of nitrogens with two attached hydrogens (primary N) is 1. The van der Waals surface area contributed by atoms with Gasteiger partial charge in [-0.05, 0) is 12.2 Å². The van der Waals surface area contributed by atoms with Crippen molar-refractivity contribution in [2.75, 3.05) is 11.5 Å². The lowest BCUT2D eigenvalue weighted by atomic mass is 10.2. The molecule has 1 unspecified atom stereocenters. The summed E-state index contributed by atoms with van der Waals surface area (Å²) in [6.45, 7) is 0. The minimum absolute atomic E-state index is 0.431. The summed E-state index contributed by atoms with van der Waals surface area (Å²) in [5.41, 5.74) is 6.95. The highest BCUT2D eigenvalue weighted by Crippen LogP contribution is 2.20. The van der Waals surface area contributed by atoms with E-state index in [4.69, 9.17) is 5.73 Å². The van der Waals surface area contributed by atoms with E-state index in [-0.39, 0.29) is 0 Å². The van der Waals surface area contributed by atoms with Gasteiger partial charge in [-0.25, -0.2) is 0 Å². The number of hydrogen-bond donors (Lipinski definition) is 1. The molecule has 2 rings (SSSR count). The molecule has 0 bridgehead atoms. The Kier molecular flexibility index (Phi) is 3.09. The van der Waals surface area contributed by atoms with Gasteiger partial charge in [-0.1, -0.05) is 30.3 Å². The van der Waals surface area contributed by atoms with Crippen LogP contribution in [0.15, 0.2) is 35.3 Å². The Balaban J connectivity index is 2.10. The van der Waals surface area contributed by atoms with Crippen LogP contribution in [0, 0.1) is 0 Å². The molecule has 3 heteroatoms. The topological polar surface area (TPSA) is 38.4 Å². The van der Waals surface area contributed by atoms with Crippen molar-refractivity contribution < 1.29 is 0 Å². The van der Waals surface area contributed by atoms with Gasteiger partial charge in [0.1, 0.15) is 5.84 Å².